The highest BCUT2D eigenvalue weighted by Gasteiger charge is 2.34. The van der Waals surface area contributed by atoms with Gasteiger partial charge in [-0.05, 0) is 49.9 Å². The third-order valence-electron chi connectivity index (χ3n) is 4.46. The lowest BCUT2D eigenvalue weighted by Crippen LogP contribution is -2.07. The highest BCUT2D eigenvalue weighted by atomic mass is 14.4. The van der Waals surface area contributed by atoms with Gasteiger partial charge in [0.1, 0.15) is 0 Å². The third kappa shape index (κ3) is 2.59. The standard InChI is InChI=1S/C16H26/c1-3-4-9-14-12-13(2)15-10-7-5-6-8-11-16(14)15/h6,8,11,13-15H,3-5,7,9-10,12H2,1-2H3/b8-6-,16-11-. The van der Waals surface area contributed by atoms with E-state index >= 15 is 0 Å². The van der Waals surface area contributed by atoms with Crippen LogP contribution < -0.4 is 0 Å². The van der Waals surface area contributed by atoms with Crippen molar-refractivity contribution in [1.82, 2.24) is 0 Å². The van der Waals surface area contributed by atoms with Crippen molar-refractivity contribution >= 4 is 0 Å². The molecule has 0 aromatic carbocycles. The number of allylic oxidation sites excluding steroid dienone is 4. The van der Waals surface area contributed by atoms with Crippen LogP contribution in [0.5, 0.6) is 0 Å². The molecule has 0 saturated heterocycles. The Morgan fingerprint density at radius 1 is 1.38 bits per heavy atom. The average molecular weight is 218 g/mol. The van der Waals surface area contributed by atoms with Gasteiger partial charge in [0.05, 0.1) is 0 Å². The fourth-order valence-electron chi connectivity index (χ4n) is 3.56. The minimum absolute atomic E-state index is 0.905. The summed E-state index contributed by atoms with van der Waals surface area (Å²) in [6.45, 7) is 4.78. The normalized spacial score (nSPS) is 39.4. The van der Waals surface area contributed by atoms with Gasteiger partial charge in [-0.1, -0.05) is 50.5 Å². The van der Waals surface area contributed by atoms with Gasteiger partial charge in [-0.2, -0.15) is 0 Å². The van der Waals surface area contributed by atoms with Crippen LogP contribution in [0.25, 0.3) is 0 Å². The maximum atomic E-state index is 2.47. The first-order chi connectivity index (χ1) is 7.83. The van der Waals surface area contributed by atoms with E-state index in [1.807, 2.05) is 0 Å². The first-order valence-corrected chi connectivity index (χ1v) is 7.19. The Morgan fingerprint density at radius 3 is 3.06 bits per heavy atom. The Morgan fingerprint density at radius 2 is 2.25 bits per heavy atom. The molecule has 2 aliphatic carbocycles. The maximum absolute atomic E-state index is 2.47. The van der Waals surface area contributed by atoms with Crippen LogP contribution in [0.1, 0.15) is 58.8 Å². The van der Waals surface area contributed by atoms with Gasteiger partial charge < -0.3 is 0 Å². The Bertz CT molecular complexity index is 272. The summed E-state index contributed by atoms with van der Waals surface area (Å²) in [5.41, 5.74) is 1.79. The van der Waals surface area contributed by atoms with Gasteiger partial charge in [0.25, 0.3) is 0 Å². The minimum Gasteiger partial charge on any atom is -0.0845 e. The van der Waals surface area contributed by atoms with E-state index in [1.165, 1.54) is 44.9 Å². The van der Waals surface area contributed by atoms with Crippen molar-refractivity contribution in [3.63, 3.8) is 0 Å². The zero-order valence-corrected chi connectivity index (χ0v) is 10.9. The van der Waals surface area contributed by atoms with Crippen LogP contribution >= 0.6 is 0 Å². The average Bonchev–Trinajstić information content (AvgIpc) is 2.51. The molecule has 1 saturated carbocycles. The molecular weight excluding hydrogens is 192 g/mol. The van der Waals surface area contributed by atoms with Gasteiger partial charge in [0, 0.05) is 0 Å². The zero-order chi connectivity index (χ0) is 11.4. The molecule has 2 rings (SSSR count). The van der Waals surface area contributed by atoms with E-state index in [4.69, 9.17) is 0 Å². The second kappa shape index (κ2) is 5.70. The zero-order valence-electron chi connectivity index (χ0n) is 10.9. The topological polar surface area (TPSA) is 0 Å². The summed E-state index contributed by atoms with van der Waals surface area (Å²) in [5, 5.41) is 0. The van der Waals surface area contributed by atoms with Crippen LogP contribution in [0, 0.1) is 17.8 Å². The first-order valence-electron chi connectivity index (χ1n) is 7.19. The smallest absolute Gasteiger partial charge is 0.0171 e. The summed E-state index contributed by atoms with van der Waals surface area (Å²) < 4.78 is 0. The molecule has 0 amide bonds. The predicted octanol–water partition coefficient (Wildman–Crippen LogP) is 5.12. The molecule has 1 fully saturated rings. The summed E-state index contributed by atoms with van der Waals surface area (Å²) in [6.07, 6.45) is 16.9. The highest BCUT2D eigenvalue weighted by Crippen LogP contribution is 2.46. The molecule has 0 heterocycles. The molecule has 16 heavy (non-hydrogen) atoms. The molecule has 0 N–H and O–H groups in total. The lowest BCUT2D eigenvalue weighted by molar-refractivity contribution is 0.413. The number of unbranched alkanes of at least 4 members (excludes halogenated alkanes) is 1. The van der Waals surface area contributed by atoms with Crippen molar-refractivity contribution < 1.29 is 0 Å². The van der Waals surface area contributed by atoms with Crippen molar-refractivity contribution in [3.05, 3.63) is 23.8 Å². The van der Waals surface area contributed by atoms with Crippen molar-refractivity contribution in [2.45, 2.75) is 58.8 Å². The molecule has 0 aromatic rings. The molecule has 0 aliphatic heterocycles. The van der Waals surface area contributed by atoms with Crippen LogP contribution in [-0.4, -0.2) is 0 Å². The predicted molar refractivity (Wildman–Crippen MR) is 71.4 cm³/mol. The minimum atomic E-state index is 0.905. The monoisotopic (exact) mass is 218 g/mol. The summed E-state index contributed by atoms with van der Waals surface area (Å²) in [6, 6.07) is 0. The second-order valence-electron chi connectivity index (χ2n) is 5.68. The molecule has 3 atom stereocenters. The fraction of sp³-hybridized carbons (Fsp3) is 0.750. The van der Waals surface area contributed by atoms with Gasteiger partial charge in [0.2, 0.25) is 0 Å². The van der Waals surface area contributed by atoms with Gasteiger partial charge in [0.15, 0.2) is 0 Å². The molecule has 0 bridgehead atoms. The fourth-order valence-corrected chi connectivity index (χ4v) is 3.56. The number of hydrogen-bond acceptors (Lipinski definition) is 0. The van der Waals surface area contributed by atoms with E-state index < -0.39 is 0 Å². The van der Waals surface area contributed by atoms with E-state index in [-0.39, 0.29) is 0 Å². The quantitative estimate of drug-likeness (QED) is 0.617. The van der Waals surface area contributed by atoms with E-state index in [1.54, 1.807) is 5.57 Å². The van der Waals surface area contributed by atoms with Crippen molar-refractivity contribution in [3.8, 4) is 0 Å². The van der Waals surface area contributed by atoms with Crippen molar-refractivity contribution in [1.29, 1.82) is 0 Å². The molecule has 0 nitrogen and oxygen atoms in total. The van der Waals surface area contributed by atoms with Gasteiger partial charge in [-0.3, -0.25) is 0 Å². The first kappa shape index (κ1) is 12.0. The lowest BCUT2D eigenvalue weighted by Gasteiger charge is -2.19. The summed E-state index contributed by atoms with van der Waals surface area (Å²) in [5.74, 6) is 2.74. The molecule has 0 aromatic heterocycles. The Hall–Kier alpha value is -0.520. The van der Waals surface area contributed by atoms with Crippen LogP contribution in [0.15, 0.2) is 23.8 Å². The largest absolute Gasteiger partial charge is 0.0845 e. The molecule has 2 aliphatic rings. The van der Waals surface area contributed by atoms with E-state index in [2.05, 4.69) is 32.1 Å². The van der Waals surface area contributed by atoms with E-state index in [0.717, 1.165) is 17.8 Å². The van der Waals surface area contributed by atoms with Crippen LogP contribution in [0.3, 0.4) is 0 Å². The maximum Gasteiger partial charge on any atom is -0.0171 e. The number of fused-ring (bicyclic) bond motifs is 1. The van der Waals surface area contributed by atoms with Crippen LogP contribution in [0.4, 0.5) is 0 Å². The molecular formula is C16H26. The Labute approximate surface area is 101 Å². The van der Waals surface area contributed by atoms with Crippen molar-refractivity contribution in [2.75, 3.05) is 0 Å². The molecule has 3 unspecified atom stereocenters. The van der Waals surface area contributed by atoms with Crippen LogP contribution in [0.2, 0.25) is 0 Å². The molecule has 0 heteroatoms. The molecule has 90 valence electrons. The lowest BCUT2D eigenvalue weighted by atomic mass is 9.86. The third-order valence-corrected chi connectivity index (χ3v) is 4.46. The Kier molecular flexibility index (Phi) is 4.26. The number of hydrogen-bond donors (Lipinski definition) is 0. The van der Waals surface area contributed by atoms with Gasteiger partial charge >= 0.3 is 0 Å². The second-order valence-corrected chi connectivity index (χ2v) is 5.68. The highest BCUT2D eigenvalue weighted by molar-refractivity contribution is 5.23. The Balaban J connectivity index is 2.10. The van der Waals surface area contributed by atoms with Gasteiger partial charge in [-0.25, -0.2) is 0 Å². The van der Waals surface area contributed by atoms with Crippen molar-refractivity contribution in [2.24, 2.45) is 17.8 Å². The SMILES string of the molecule is CCCCC1CC(C)C2CCC/C=C\C=C\12. The molecule has 0 radical (unpaired) electrons. The van der Waals surface area contributed by atoms with Crippen LogP contribution in [-0.2, 0) is 0 Å². The summed E-state index contributed by atoms with van der Waals surface area (Å²) in [4.78, 5) is 0. The van der Waals surface area contributed by atoms with E-state index in [0.29, 0.717) is 0 Å². The van der Waals surface area contributed by atoms with Gasteiger partial charge in [-0.15, -0.1) is 0 Å². The summed E-state index contributed by atoms with van der Waals surface area (Å²) >= 11 is 0. The number of rotatable bonds is 3. The van der Waals surface area contributed by atoms with E-state index in [9.17, 15) is 0 Å². The molecule has 0 spiro atoms. The summed E-state index contributed by atoms with van der Waals surface area (Å²) in [7, 11) is 0.